The fraction of sp³-hybridized carbons (Fsp3) is 0.200. The number of anilines is 1. The third-order valence-electron chi connectivity index (χ3n) is 3.55. The Kier molecular flexibility index (Phi) is 5.33. The van der Waals surface area contributed by atoms with E-state index in [1.807, 2.05) is 0 Å². The highest BCUT2D eigenvalue weighted by Crippen LogP contribution is 2.28. The largest absolute Gasteiger partial charge is 0.384 e. The van der Waals surface area contributed by atoms with E-state index in [0.29, 0.717) is 10.6 Å². The van der Waals surface area contributed by atoms with Crippen LogP contribution in [-0.2, 0) is 15.6 Å². The first-order valence-corrected chi connectivity index (χ1v) is 8.97. The number of non-ortho nitro benzene ring substituents is 1. The van der Waals surface area contributed by atoms with Crippen molar-refractivity contribution in [2.75, 3.05) is 11.9 Å². The number of nitrogens with two attached hydrogens (primary N) is 1. The smallest absolute Gasteiger partial charge is 0.271 e. The summed E-state index contributed by atoms with van der Waals surface area (Å²) >= 11 is 5.91. The number of benzene rings is 2. The number of nitrogens with zero attached hydrogens (tertiary/aromatic N) is 1. The predicted molar refractivity (Wildman–Crippen MR) is 94.0 cm³/mol. The standard InChI is InChI=1S/C15H16ClN3O5S/c1-15(20,10-3-2-4-11(16)7-10)9-18-13-8-12(19(21)22)5-6-14(13)25(17,23)24/h2-8,18,20H,9H2,1H3,(H2,17,23,24). The SMILES string of the molecule is CC(O)(CNc1cc([N+](=O)[O-])ccc1S(N)(=O)=O)c1cccc(Cl)c1. The van der Waals surface area contributed by atoms with Crippen LogP contribution in [0.15, 0.2) is 47.4 Å². The Morgan fingerprint density at radius 2 is 2.00 bits per heavy atom. The molecule has 1 unspecified atom stereocenters. The summed E-state index contributed by atoms with van der Waals surface area (Å²) in [6, 6.07) is 9.67. The number of nitrogens with one attached hydrogen (secondary N) is 1. The van der Waals surface area contributed by atoms with Gasteiger partial charge in [-0.05, 0) is 30.7 Å². The van der Waals surface area contributed by atoms with E-state index in [1.54, 1.807) is 24.3 Å². The molecule has 0 aliphatic rings. The van der Waals surface area contributed by atoms with Crippen molar-refractivity contribution >= 4 is 33.0 Å². The molecule has 134 valence electrons. The Morgan fingerprint density at radius 1 is 1.32 bits per heavy atom. The summed E-state index contributed by atoms with van der Waals surface area (Å²) in [5.41, 5.74) is -1.29. The minimum absolute atomic E-state index is 0.0704. The second-order valence-electron chi connectivity index (χ2n) is 5.62. The number of halogens is 1. The van der Waals surface area contributed by atoms with Crippen molar-refractivity contribution in [2.45, 2.75) is 17.4 Å². The molecule has 0 bridgehead atoms. The molecule has 0 aliphatic heterocycles. The lowest BCUT2D eigenvalue weighted by molar-refractivity contribution is -0.384. The molecule has 1 atom stereocenters. The van der Waals surface area contributed by atoms with Gasteiger partial charge in [-0.1, -0.05) is 23.7 Å². The molecule has 0 amide bonds. The van der Waals surface area contributed by atoms with E-state index < -0.39 is 20.5 Å². The van der Waals surface area contributed by atoms with Crippen LogP contribution >= 0.6 is 11.6 Å². The number of sulfonamides is 1. The van der Waals surface area contributed by atoms with Gasteiger partial charge in [-0.15, -0.1) is 0 Å². The molecule has 0 saturated heterocycles. The van der Waals surface area contributed by atoms with Crippen LogP contribution in [0.5, 0.6) is 0 Å². The van der Waals surface area contributed by atoms with Gasteiger partial charge in [-0.3, -0.25) is 10.1 Å². The van der Waals surface area contributed by atoms with Crippen LogP contribution in [0.2, 0.25) is 5.02 Å². The molecular weight excluding hydrogens is 370 g/mol. The van der Waals surface area contributed by atoms with E-state index in [4.69, 9.17) is 16.7 Å². The van der Waals surface area contributed by atoms with Gasteiger partial charge in [0.1, 0.15) is 10.5 Å². The van der Waals surface area contributed by atoms with E-state index in [0.717, 1.165) is 18.2 Å². The van der Waals surface area contributed by atoms with Gasteiger partial charge in [0.2, 0.25) is 10.0 Å². The lowest BCUT2D eigenvalue weighted by Crippen LogP contribution is -2.31. The van der Waals surface area contributed by atoms with Gasteiger partial charge in [0.05, 0.1) is 10.6 Å². The molecule has 2 aromatic carbocycles. The van der Waals surface area contributed by atoms with Crippen LogP contribution in [0, 0.1) is 10.1 Å². The maximum Gasteiger partial charge on any atom is 0.271 e. The first-order valence-electron chi connectivity index (χ1n) is 7.04. The zero-order valence-corrected chi connectivity index (χ0v) is 14.7. The van der Waals surface area contributed by atoms with Crippen molar-refractivity contribution in [2.24, 2.45) is 5.14 Å². The van der Waals surface area contributed by atoms with Crippen molar-refractivity contribution in [1.29, 1.82) is 0 Å². The van der Waals surface area contributed by atoms with Gasteiger partial charge in [0.15, 0.2) is 0 Å². The number of hydrogen-bond donors (Lipinski definition) is 3. The average Bonchev–Trinajstić information content (AvgIpc) is 2.51. The Balaban J connectivity index is 2.35. The van der Waals surface area contributed by atoms with E-state index in [1.165, 1.54) is 6.92 Å². The Labute approximate surface area is 149 Å². The molecule has 0 spiro atoms. The molecule has 8 nitrogen and oxygen atoms in total. The van der Waals surface area contributed by atoms with Gasteiger partial charge in [0, 0.05) is 23.7 Å². The molecule has 0 heterocycles. The molecule has 10 heteroatoms. The van der Waals surface area contributed by atoms with Crippen LogP contribution in [0.1, 0.15) is 12.5 Å². The van der Waals surface area contributed by atoms with E-state index in [-0.39, 0.29) is 22.8 Å². The lowest BCUT2D eigenvalue weighted by atomic mass is 9.96. The fourth-order valence-electron chi connectivity index (χ4n) is 2.21. The van der Waals surface area contributed by atoms with E-state index in [2.05, 4.69) is 5.32 Å². The third kappa shape index (κ3) is 4.67. The molecular formula is C15H16ClN3O5S. The van der Waals surface area contributed by atoms with Crippen LogP contribution in [0.25, 0.3) is 0 Å². The predicted octanol–water partition coefficient (Wildman–Crippen LogP) is 2.22. The lowest BCUT2D eigenvalue weighted by Gasteiger charge is -2.25. The third-order valence-corrected chi connectivity index (χ3v) is 4.75. The first kappa shape index (κ1) is 19.1. The summed E-state index contributed by atoms with van der Waals surface area (Å²) in [5.74, 6) is 0. The molecule has 4 N–H and O–H groups in total. The van der Waals surface area contributed by atoms with Crippen molar-refractivity contribution in [3.63, 3.8) is 0 Å². The Hall–Kier alpha value is -2.20. The Bertz CT molecular complexity index is 915. The van der Waals surface area contributed by atoms with E-state index >= 15 is 0 Å². The van der Waals surface area contributed by atoms with Crippen molar-refractivity contribution in [3.05, 3.63) is 63.2 Å². The summed E-state index contributed by atoms with van der Waals surface area (Å²) < 4.78 is 23.3. The first-order chi connectivity index (χ1) is 11.5. The molecule has 0 radical (unpaired) electrons. The summed E-state index contributed by atoms with van der Waals surface area (Å²) in [5, 5.41) is 29.8. The topological polar surface area (TPSA) is 136 Å². The molecule has 0 fully saturated rings. The second kappa shape index (κ2) is 6.96. The van der Waals surface area contributed by atoms with Crippen LogP contribution in [0.4, 0.5) is 11.4 Å². The van der Waals surface area contributed by atoms with Gasteiger partial charge in [-0.2, -0.15) is 0 Å². The second-order valence-corrected chi connectivity index (χ2v) is 7.59. The van der Waals surface area contributed by atoms with Crippen molar-refractivity contribution in [1.82, 2.24) is 0 Å². The van der Waals surface area contributed by atoms with Crippen LogP contribution in [-0.4, -0.2) is 25.0 Å². The fourth-order valence-corrected chi connectivity index (χ4v) is 3.10. The normalized spacial score (nSPS) is 13.9. The Morgan fingerprint density at radius 3 is 2.56 bits per heavy atom. The highest BCUT2D eigenvalue weighted by atomic mass is 35.5. The van der Waals surface area contributed by atoms with Gasteiger partial charge < -0.3 is 10.4 Å². The number of rotatable bonds is 6. The van der Waals surface area contributed by atoms with E-state index in [9.17, 15) is 23.6 Å². The summed E-state index contributed by atoms with van der Waals surface area (Å²) in [7, 11) is -4.10. The minimum atomic E-state index is -4.10. The highest BCUT2D eigenvalue weighted by Gasteiger charge is 2.25. The number of hydrogen-bond acceptors (Lipinski definition) is 6. The minimum Gasteiger partial charge on any atom is -0.384 e. The molecule has 2 aromatic rings. The van der Waals surface area contributed by atoms with Gasteiger partial charge in [-0.25, -0.2) is 13.6 Å². The molecule has 0 aliphatic carbocycles. The number of nitro benzene ring substituents is 1. The number of nitro groups is 1. The summed E-state index contributed by atoms with van der Waals surface area (Å²) in [4.78, 5) is 9.94. The summed E-state index contributed by atoms with van der Waals surface area (Å²) in [6.07, 6.45) is 0. The molecule has 0 saturated carbocycles. The quantitative estimate of drug-likeness (QED) is 0.515. The highest BCUT2D eigenvalue weighted by molar-refractivity contribution is 7.89. The molecule has 25 heavy (non-hydrogen) atoms. The van der Waals surface area contributed by atoms with Crippen LogP contribution < -0.4 is 10.5 Å². The molecule has 2 rings (SSSR count). The van der Waals surface area contributed by atoms with Crippen molar-refractivity contribution in [3.8, 4) is 0 Å². The average molecular weight is 386 g/mol. The maximum absolute atomic E-state index is 11.7. The molecule has 0 aromatic heterocycles. The van der Waals surface area contributed by atoms with Crippen molar-refractivity contribution < 1.29 is 18.4 Å². The van der Waals surface area contributed by atoms with Gasteiger partial charge >= 0.3 is 0 Å². The number of aliphatic hydroxyl groups is 1. The zero-order chi connectivity index (χ0) is 18.8. The maximum atomic E-state index is 11.7. The monoisotopic (exact) mass is 385 g/mol. The summed E-state index contributed by atoms with van der Waals surface area (Å²) in [6.45, 7) is 1.37. The number of primary sulfonamides is 1. The van der Waals surface area contributed by atoms with Gasteiger partial charge in [0.25, 0.3) is 5.69 Å². The van der Waals surface area contributed by atoms with Crippen LogP contribution in [0.3, 0.4) is 0 Å². The zero-order valence-electron chi connectivity index (χ0n) is 13.1.